The number of benzene rings is 1. The summed E-state index contributed by atoms with van der Waals surface area (Å²) in [5, 5.41) is 4.28. The molecule has 30 heavy (non-hydrogen) atoms. The summed E-state index contributed by atoms with van der Waals surface area (Å²) >= 11 is 0. The van der Waals surface area contributed by atoms with Crippen LogP contribution in [0, 0.1) is 0 Å². The van der Waals surface area contributed by atoms with Gasteiger partial charge in [0.2, 0.25) is 0 Å². The molecule has 152 valence electrons. The average molecular weight is 402 g/mol. The first kappa shape index (κ1) is 18.6. The second-order valence-corrected chi connectivity index (χ2v) is 7.73. The molecule has 2 N–H and O–H groups in total. The number of rotatable bonds is 4. The monoisotopic (exact) mass is 402 g/mol. The van der Waals surface area contributed by atoms with Crippen LogP contribution in [0.1, 0.15) is 58.9 Å². The second kappa shape index (κ2) is 7.42. The molecule has 7 nitrogen and oxygen atoms in total. The highest BCUT2D eigenvalue weighted by molar-refractivity contribution is 5.92. The van der Waals surface area contributed by atoms with Gasteiger partial charge in [-0.3, -0.25) is 9.78 Å². The maximum atomic E-state index is 13.4. The third-order valence-corrected chi connectivity index (χ3v) is 5.69. The predicted octanol–water partition coefficient (Wildman–Crippen LogP) is 4.21. The van der Waals surface area contributed by atoms with Gasteiger partial charge in [0.25, 0.3) is 5.91 Å². The fourth-order valence-electron chi connectivity index (χ4n) is 4.16. The molecule has 7 heteroatoms. The summed E-state index contributed by atoms with van der Waals surface area (Å²) in [5.41, 5.74) is 9.06. The van der Waals surface area contributed by atoms with Crippen molar-refractivity contribution in [1.29, 1.82) is 0 Å². The molecule has 4 heterocycles. The van der Waals surface area contributed by atoms with E-state index in [0.717, 1.165) is 6.42 Å². The van der Waals surface area contributed by atoms with Crippen LogP contribution in [0.3, 0.4) is 0 Å². The predicted molar refractivity (Wildman–Crippen MR) is 111 cm³/mol. The Bertz CT molecular complexity index is 1180. The number of nitrogens with two attached hydrogens (primary N) is 1. The molecule has 1 saturated heterocycles. The molecular formula is C23H22N4O3. The number of hydrogen-bond acceptors (Lipinski definition) is 6. The third-order valence-electron chi connectivity index (χ3n) is 5.69. The van der Waals surface area contributed by atoms with Crippen molar-refractivity contribution in [3.05, 3.63) is 83.6 Å². The molecule has 3 aromatic heterocycles. The Kier molecular flexibility index (Phi) is 4.59. The molecule has 0 bridgehead atoms. The first-order valence-corrected chi connectivity index (χ1v) is 10.0. The summed E-state index contributed by atoms with van der Waals surface area (Å²) in [6.07, 6.45) is 2.44. The molecule has 0 radical (unpaired) electrons. The average Bonchev–Trinajstić information content (AvgIpc) is 3.51. The van der Waals surface area contributed by atoms with E-state index in [1.165, 1.54) is 5.56 Å². The molecule has 0 spiro atoms. The van der Waals surface area contributed by atoms with Crippen molar-refractivity contribution in [2.45, 2.75) is 31.3 Å². The minimum Gasteiger partial charge on any atom is -0.454 e. The third kappa shape index (κ3) is 3.17. The van der Waals surface area contributed by atoms with E-state index in [0.29, 0.717) is 29.1 Å². The molecule has 3 atom stereocenters. The minimum absolute atomic E-state index is 0.179. The van der Waals surface area contributed by atoms with Crippen LogP contribution in [0.4, 0.5) is 0 Å². The van der Waals surface area contributed by atoms with Crippen LogP contribution in [-0.2, 0) is 0 Å². The van der Waals surface area contributed by atoms with Crippen molar-refractivity contribution in [2.24, 2.45) is 5.73 Å². The van der Waals surface area contributed by atoms with Gasteiger partial charge in [-0.05, 0) is 43.2 Å². The van der Waals surface area contributed by atoms with Crippen LogP contribution >= 0.6 is 0 Å². The topological polar surface area (TPSA) is 98.4 Å². The van der Waals surface area contributed by atoms with Gasteiger partial charge in [-0.15, -0.1) is 0 Å². The standard InChI is InChI=1S/C23H22N4O3/c1-14(24)18-9-10-20(29-18)23(28)27-13-16(15-6-3-2-4-7-15)12-17(27)21-22-19(30-26-21)8-5-11-25-22/h2-11,14,16-17H,12-13,24H2,1H3/t14-,16-,17-/m0/s1. The van der Waals surface area contributed by atoms with Gasteiger partial charge in [-0.25, -0.2) is 0 Å². The zero-order valence-electron chi connectivity index (χ0n) is 16.6. The Hall–Kier alpha value is -3.45. The highest BCUT2D eigenvalue weighted by Gasteiger charge is 2.40. The second-order valence-electron chi connectivity index (χ2n) is 7.73. The summed E-state index contributed by atoms with van der Waals surface area (Å²) in [4.78, 5) is 19.7. The van der Waals surface area contributed by atoms with Crippen LogP contribution in [-0.4, -0.2) is 27.5 Å². The van der Waals surface area contributed by atoms with E-state index in [2.05, 4.69) is 22.3 Å². The number of carbonyl (C=O) groups is 1. The number of carbonyl (C=O) groups excluding carboxylic acids is 1. The van der Waals surface area contributed by atoms with E-state index in [1.54, 1.807) is 24.4 Å². The molecule has 1 aliphatic heterocycles. The lowest BCUT2D eigenvalue weighted by atomic mass is 9.95. The Morgan fingerprint density at radius 1 is 1.17 bits per heavy atom. The van der Waals surface area contributed by atoms with Gasteiger partial charge in [0.15, 0.2) is 11.3 Å². The number of aromatic nitrogens is 2. The molecule has 0 unspecified atom stereocenters. The van der Waals surface area contributed by atoms with Crippen LogP contribution in [0.5, 0.6) is 0 Å². The van der Waals surface area contributed by atoms with Crippen molar-refractivity contribution in [3.63, 3.8) is 0 Å². The van der Waals surface area contributed by atoms with E-state index in [9.17, 15) is 4.79 Å². The Balaban J connectivity index is 1.54. The van der Waals surface area contributed by atoms with E-state index in [4.69, 9.17) is 14.7 Å². The van der Waals surface area contributed by atoms with Crippen molar-refractivity contribution in [3.8, 4) is 0 Å². The number of nitrogens with zero attached hydrogens (tertiary/aromatic N) is 3. The highest BCUT2D eigenvalue weighted by Crippen LogP contribution is 2.42. The molecule has 0 saturated carbocycles. The summed E-state index contributed by atoms with van der Waals surface area (Å²) in [7, 11) is 0. The van der Waals surface area contributed by atoms with Gasteiger partial charge in [-0.1, -0.05) is 35.5 Å². The molecule has 1 aliphatic rings. The Morgan fingerprint density at radius 2 is 2.00 bits per heavy atom. The lowest BCUT2D eigenvalue weighted by Crippen LogP contribution is -2.31. The maximum Gasteiger partial charge on any atom is 0.290 e. The molecule has 1 fully saturated rings. The lowest BCUT2D eigenvalue weighted by Gasteiger charge is -2.22. The van der Waals surface area contributed by atoms with Gasteiger partial charge in [0.05, 0.1) is 12.1 Å². The molecule has 4 aromatic rings. The first-order chi connectivity index (χ1) is 14.6. The maximum absolute atomic E-state index is 13.4. The zero-order valence-corrected chi connectivity index (χ0v) is 16.6. The number of amides is 1. The number of fused-ring (bicyclic) bond motifs is 1. The van der Waals surface area contributed by atoms with Crippen LogP contribution in [0.2, 0.25) is 0 Å². The van der Waals surface area contributed by atoms with Gasteiger partial charge in [0, 0.05) is 18.7 Å². The normalized spacial score (nSPS) is 20.0. The zero-order chi connectivity index (χ0) is 20.7. The van der Waals surface area contributed by atoms with Crippen molar-refractivity contribution >= 4 is 17.0 Å². The fourth-order valence-corrected chi connectivity index (χ4v) is 4.16. The van der Waals surface area contributed by atoms with E-state index in [-0.39, 0.29) is 29.7 Å². The number of hydrogen-bond donors (Lipinski definition) is 1. The fraction of sp³-hybridized carbons (Fsp3) is 0.261. The first-order valence-electron chi connectivity index (χ1n) is 10.0. The number of pyridine rings is 1. The van der Waals surface area contributed by atoms with Gasteiger partial charge >= 0.3 is 0 Å². The van der Waals surface area contributed by atoms with Gasteiger partial charge in [0.1, 0.15) is 17.0 Å². The number of furan rings is 1. The van der Waals surface area contributed by atoms with Crippen molar-refractivity contribution in [1.82, 2.24) is 15.0 Å². The van der Waals surface area contributed by atoms with E-state index >= 15 is 0 Å². The minimum atomic E-state index is -0.276. The van der Waals surface area contributed by atoms with Crippen LogP contribution < -0.4 is 5.73 Å². The Morgan fingerprint density at radius 3 is 2.77 bits per heavy atom. The quantitative estimate of drug-likeness (QED) is 0.549. The summed E-state index contributed by atoms with van der Waals surface area (Å²) in [5.74, 6) is 0.861. The van der Waals surface area contributed by atoms with E-state index in [1.807, 2.05) is 36.1 Å². The lowest BCUT2D eigenvalue weighted by molar-refractivity contribution is 0.0695. The van der Waals surface area contributed by atoms with E-state index < -0.39 is 0 Å². The SMILES string of the molecule is C[C@H](N)c1ccc(C(=O)N2C[C@@H](c3ccccc3)C[C@H]2c2noc3cccnc23)o1. The van der Waals surface area contributed by atoms with Gasteiger partial charge < -0.3 is 19.6 Å². The Labute approximate surface area is 173 Å². The highest BCUT2D eigenvalue weighted by atomic mass is 16.5. The van der Waals surface area contributed by atoms with Gasteiger partial charge in [-0.2, -0.15) is 0 Å². The smallest absolute Gasteiger partial charge is 0.290 e. The molecule has 1 aromatic carbocycles. The van der Waals surface area contributed by atoms with Crippen molar-refractivity contribution < 1.29 is 13.7 Å². The molecule has 5 rings (SSSR count). The van der Waals surface area contributed by atoms with Crippen molar-refractivity contribution in [2.75, 3.05) is 6.54 Å². The summed E-state index contributed by atoms with van der Waals surface area (Å²) < 4.78 is 11.2. The molecule has 1 amide bonds. The summed E-state index contributed by atoms with van der Waals surface area (Å²) in [6.45, 7) is 2.38. The number of likely N-dealkylation sites (tertiary alicyclic amines) is 1. The molecular weight excluding hydrogens is 380 g/mol. The molecule has 0 aliphatic carbocycles. The van der Waals surface area contributed by atoms with Crippen LogP contribution in [0.15, 0.2) is 69.7 Å². The van der Waals surface area contributed by atoms with Crippen LogP contribution in [0.25, 0.3) is 11.1 Å². The summed E-state index contributed by atoms with van der Waals surface area (Å²) in [6, 6.07) is 16.8. The largest absolute Gasteiger partial charge is 0.454 e.